The summed E-state index contributed by atoms with van der Waals surface area (Å²) >= 11 is 1.50. The van der Waals surface area contributed by atoms with Gasteiger partial charge in [-0.1, -0.05) is 11.3 Å². The molecule has 0 radical (unpaired) electrons. The van der Waals surface area contributed by atoms with Crippen molar-refractivity contribution in [2.24, 2.45) is 5.92 Å². The zero-order valence-corrected chi connectivity index (χ0v) is 10.4. The van der Waals surface area contributed by atoms with E-state index in [4.69, 9.17) is 0 Å². The van der Waals surface area contributed by atoms with Crippen molar-refractivity contribution in [1.29, 1.82) is 0 Å². The Hall–Kier alpha value is -0.730. The molecule has 16 heavy (non-hydrogen) atoms. The summed E-state index contributed by atoms with van der Waals surface area (Å²) < 4.78 is 24.4. The van der Waals surface area contributed by atoms with Crippen LogP contribution in [0.3, 0.4) is 0 Å². The summed E-state index contributed by atoms with van der Waals surface area (Å²) in [6, 6.07) is 0.294. The van der Waals surface area contributed by atoms with Gasteiger partial charge in [0.15, 0.2) is 0 Å². The molecule has 2 aliphatic rings. The van der Waals surface area contributed by atoms with E-state index in [1.807, 2.05) is 0 Å². The number of aromatic nitrogens is 2. The monoisotopic (exact) mass is 260 g/mol. The van der Waals surface area contributed by atoms with Gasteiger partial charge in [-0.05, 0) is 0 Å². The first-order chi connectivity index (χ1) is 7.55. The highest BCUT2D eigenvalue weighted by molar-refractivity contribution is 7.88. The Labute approximate surface area is 97.9 Å². The number of nitrogens with zero attached hydrogens (tertiary/aromatic N) is 4. The zero-order chi connectivity index (χ0) is 11.3. The highest BCUT2D eigenvalue weighted by Gasteiger charge is 2.48. The van der Waals surface area contributed by atoms with Crippen molar-refractivity contribution in [3.63, 3.8) is 0 Å². The van der Waals surface area contributed by atoms with Crippen molar-refractivity contribution in [2.45, 2.75) is 6.04 Å². The van der Waals surface area contributed by atoms with E-state index in [-0.39, 0.29) is 0 Å². The third-order valence-corrected chi connectivity index (χ3v) is 5.23. The standard InChI is InChI=1S/C8H12N4O2S2/c1-16(13,14)11-2-6-3-12(7(6)4-11)8-10-9-5-15-8/h5-7H,2-4H2,1H3/t6-,7-/m1/s1. The zero-order valence-electron chi connectivity index (χ0n) is 8.78. The minimum absolute atomic E-state index is 0.294. The van der Waals surface area contributed by atoms with E-state index >= 15 is 0 Å². The number of fused-ring (bicyclic) bond motifs is 1. The Morgan fingerprint density at radius 1 is 1.44 bits per heavy atom. The molecular formula is C8H12N4O2S2. The van der Waals surface area contributed by atoms with E-state index in [9.17, 15) is 8.42 Å². The lowest BCUT2D eigenvalue weighted by molar-refractivity contribution is 0.363. The molecule has 0 saturated carbocycles. The van der Waals surface area contributed by atoms with Crippen LogP contribution < -0.4 is 4.90 Å². The highest BCUT2D eigenvalue weighted by atomic mass is 32.2. The van der Waals surface area contributed by atoms with Gasteiger partial charge in [0.1, 0.15) is 5.51 Å². The molecule has 0 unspecified atom stereocenters. The molecule has 1 aromatic rings. The topological polar surface area (TPSA) is 66.4 Å². The normalized spacial score (nSPS) is 30.2. The Morgan fingerprint density at radius 2 is 2.25 bits per heavy atom. The molecule has 2 fully saturated rings. The van der Waals surface area contributed by atoms with E-state index in [0.29, 0.717) is 25.0 Å². The van der Waals surface area contributed by atoms with Crippen LogP contribution in [0.4, 0.5) is 5.13 Å². The Bertz CT molecular complexity index is 486. The molecule has 6 nitrogen and oxygen atoms in total. The van der Waals surface area contributed by atoms with E-state index < -0.39 is 10.0 Å². The van der Waals surface area contributed by atoms with Crippen LogP contribution in [-0.4, -0.2) is 54.9 Å². The maximum absolute atomic E-state index is 11.4. The van der Waals surface area contributed by atoms with Gasteiger partial charge in [-0.2, -0.15) is 4.31 Å². The maximum atomic E-state index is 11.4. The van der Waals surface area contributed by atoms with Gasteiger partial charge in [0.2, 0.25) is 15.2 Å². The van der Waals surface area contributed by atoms with Crippen molar-refractivity contribution < 1.29 is 8.42 Å². The third-order valence-electron chi connectivity index (χ3n) is 3.27. The van der Waals surface area contributed by atoms with Gasteiger partial charge in [-0.25, -0.2) is 8.42 Å². The fraction of sp³-hybridized carbons (Fsp3) is 0.750. The molecule has 0 aromatic carbocycles. The minimum Gasteiger partial charge on any atom is -0.342 e. The molecule has 2 saturated heterocycles. The van der Waals surface area contributed by atoms with Crippen LogP contribution in [0.1, 0.15) is 0 Å². The summed E-state index contributed by atoms with van der Waals surface area (Å²) in [5.41, 5.74) is 1.70. The first-order valence-electron chi connectivity index (χ1n) is 5.03. The summed E-state index contributed by atoms with van der Waals surface area (Å²) in [4.78, 5) is 2.15. The Balaban J connectivity index is 1.76. The van der Waals surface area contributed by atoms with Gasteiger partial charge in [0.05, 0.1) is 12.3 Å². The molecule has 0 bridgehead atoms. The lowest BCUT2D eigenvalue weighted by Gasteiger charge is -2.43. The van der Waals surface area contributed by atoms with Crippen molar-refractivity contribution >= 4 is 26.5 Å². The quantitative estimate of drug-likeness (QED) is 0.725. The predicted molar refractivity (Wildman–Crippen MR) is 60.9 cm³/mol. The van der Waals surface area contributed by atoms with E-state index in [1.54, 1.807) is 9.82 Å². The van der Waals surface area contributed by atoms with E-state index in [1.165, 1.54) is 17.6 Å². The largest absolute Gasteiger partial charge is 0.342 e. The van der Waals surface area contributed by atoms with Crippen molar-refractivity contribution in [3.05, 3.63) is 5.51 Å². The maximum Gasteiger partial charge on any atom is 0.211 e. The Kier molecular flexibility index (Phi) is 2.20. The molecule has 3 heterocycles. The van der Waals surface area contributed by atoms with Crippen LogP contribution in [0.25, 0.3) is 0 Å². The average Bonchev–Trinajstić information content (AvgIpc) is 2.75. The van der Waals surface area contributed by atoms with Gasteiger partial charge in [-0.3, -0.25) is 0 Å². The molecule has 0 amide bonds. The van der Waals surface area contributed by atoms with E-state index in [2.05, 4.69) is 15.1 Å². The predicted octanol–water partition coefficient (Wildman–Crippen LogP) is -0.382. The molecule has 8 heteroatoms. The molecule has 3 rings (SSSR count). The van der Waals surface area contributed by atoms with Crippen LogP contribution >= 0.6 is 11.3 Å². The van der Waals surface area contributed by atoms with Crippen molar-refractivity contribution in [2.75, 3.05) is 30.8 Å². The highest BCUT2D eigenvalue weighted by Crippen LogP contribution is 2.37. The molecule has 0 aliphatic carbocycles. The second-order valence-electron chi connectivity index (χ2n) is 4.28. The number of hydrogen-bond donors (Lipinski definition) is 0. The SMILES string of the molecule is CS(=O)(=O)N1C[C@@H]2CN(c3nncs3)[C@@H]2C1. The summed E-state index contributed by atoms with van der Waals surface area (Å²) in [5.74, 6) is 0.457. The first kappa shape index (κ1) is 10.4. The average molecular weight is 260 g/mol. The minimum atomic E-state index is -3.05. The van der Waals surface area contributed by atoms with Crippen LogP contribution in [0.15, 0.2) is 5.51 Å². The number of anilines is 1. The van der Waals surface area contributed by atoms with Crippen LogP contribution in [0, 0.1) is 5.92 Å². The van der Waals surface area contributed by atoms with E-state index in [0.717, 1.165) is 11.7 Å². The third kappa shape index (κ3) is 1.52. The Morgan fingerprint density at radius 3 is 2.88 bits per heavy atom. The van der Waals surface area contributed by atoms with Crippen LogP contribution in [0.2, 0.25) is 0 Å². The molecule has 2 aliphatic heterocycles. The lowest BCUT2D eigenvalue weighted by atomic mass is 9.93. The van der Waals surface area contributed by atoms with Gasteiger partial charge < -0.3 is 4.90 Å². The number of hydrogen-bond acceptors (Lipinski definition) is 6. The van der Waals surface area contributed by atoms with Crippen LogP contribution in [-0.2, 0) is 10.0 Å². The summed E-state index contributed by atoms with van der Waals surface area (Å²) in [6.07, 6.45) is 1.27. The summed E-state index contributed by atoms with van der Waals surface area (Å²) in [7, 11) is -3.05. The molecule has 2 atom stereocenters. The second kappa shape index (κ2) is 3.38. The molecule has 0 N–H and O–H groups in total. The fourth-order valence-electron chi connectivity index (χ4n) is 2.38. The van der Waals surface area contributed by atoms with Crippen molar-refractivity contribution in [3.8, 4) is 0 Å². The fourth-order valence-corrected chi connectivity index (χ4v) is 3.90. The van der Waals surface area contributed by atoms with Gasteiger partial charge in [0.25, 0.3) is 0 Å². The smallest absolute Gasteiger partial charge is 0.211 e. The van der Waals surface area contributed by atoms with Gasteiger partial charge in [0, 0.05) is 25.6 Å². The summed E-state index contributed by atoms with van der Waals surface area (Å²) in [6.45, 7) is 2.13. The summed E-state index contributed by atoms with van der Waals surface area (Å²) in [5, 5.41) is 8.71. The molecule has 88 valence electrons. The first-order valence-corrected chi connectivity index (χ1v) is 7.76. The van der Waals surface area contributed by atoms with Gasteiger partial charge in [-0.15, -0.1) is 10.2 Å². The lowest BCUT2D eigenvalue weighted by Crippen LogP contribution is -2.55. The molecule has 1 aromatic heterocycles. The number of sulfonamides is 1. The number of rotatable bonds is 2. The van der Waals surface area contributed by atoms with Crippen molar-refractivity contribution in [1.82, 2.24) is 14.5 Å². The second-order valence-corrected chi connectivity index (χ2v) is 7.08. The molecular weight excluding hydrogens is 248 g/mol. The molecule has 0 spiro atoms. The van der Waals surface area contributed by atoms with Crippen LogP contribution in [0.5, 0.6) is 0 Å². The van der Waals surface area contributed by atoms with Gasteiger partial charge >= 0.3 is 0 Å².